The zero-order valence-electron chi connectivity index (χ0n) is 16.6. The number of piperazine rings is 2. The first-order valence-electron chi connectivity index (χ1n) is 9.73. The molecule has 2 fully saturated rings. The number of hydrogen-bond acceptors (Lipinski definition) is 5. The van der Waals surface area contributed by atoms with Crippen LogP contribution in [0.2, 0.25) is 0 Å². The van der Waals surface area contributed by atoms with E-state index in [1.807, 2.05) is 19.1 Å². The van der Waals surface area contributed by atoms with Gasteiger partial charge in [-0.1, -0.05) is 12.1 Å². The van der Waals surface area contributed by atoms with E-state index < -0.39 is 11.8 Å². The van der Waals surface area contributed by atoms with Gasteiger partial charge in [0.2, 0.25) is 5.91 Å². The van der Waals surface area contributed by atoms with Gasteiger partial charge >= 0.3 is 11.8 Å². The summed E-state index contributed by atoms with van der Waals surface area (Å²) in [6.07, 6.45) is 0. The average molecular weight is 388 g/mol. The Morgan fingerprint density at radius 2 is 1.54 bits per heavy atom. The Kier molecular flexibility index (Phi) is 6.51. The number of nitrogens with zero attached hydrogens (tertiary/aromatic N) is 4. The fourth-order valence-corrected chi connectivity index (χ4v) is 3.58. The molecule has 0 radical (unpaired) electrons. The minimum absolute atomic E-state index is 0.0133. The largest absolute Gasteiger partial charge is 0.497 e. The van der Waals surface area contributed by atoms with Crippen LogP contribution in [0, 0.1) is 0 Å². The summed E-state index contributed by atoms with van der Waals surface area (Å²) in [5.74, 6) is -0.326. The predicted octanol–water partition coefficient (Wildman–Crippen LogP) is 0.0301. The lowest BCUT2D eigenvalue weighted by Crippen LogP contribution is -2.57. The maximum atomic E-state index is 12.6. The standard InChI is InChI=1S/C20H28N4O4/c1-3-22-12-13-24(20(27)19(22)26)15-18(25)23-10-8-21(9-11-23)14-16-4-6-17(28-2)7-5-16/h4-7H,3,8-15H2,1-2H3. The smallest absolute Gasteiger partial charge is 0.312 e. The van der Waals surface area contributed by atoms with Crippen molar-refractivity contribution >= 4 is 17.7 Å². The van der Waals surface area contributed by atoms with Gasteiger partial charge in [-0.3, -0.25) is 19.3 Å². The molecule has 0 unspecified atom stereocenters. The molecule has 1 aromatic carbocycles. The lowest BCUT2D eigenvalue weighted by molar-refractivity contribution is -0.157. The van der Waals surface area contributed by atoms with Gasteiger partial charge in [-0.25, -0.2) is 0 Å². The molecule has 2 heterocycles. The molecule has 2 aliphatic rings. The number of benzene rings is 1. The van der Waals surface area contributed by atoms with Crippen LogP contribution in [0.5, 0.6) is 5.75 Å². The van der Waals surface area contributed by atoms with Crippen LogP contribution in [0.1, 0.15) is 12.5 Å². The van der Waals surface area contributed by atoms with Crippen LogP contribution >= 0.6 is 0 Å². The van der Waals surface area contributed by atoms with E-state index in [1.165, 1.54) is 15.4 Å². The number of hydrogen-bond donors (Lipinski definition) is 0. The monoisotopic (exact) mass is 388 g/mol. The van der Waals surface area contributed by atoms with Crippen molar-refractivity contribution in [2.24, 2.45) is 0 Å². The maximum Gasteiger partial charge on any atom is 0.312 e. The number of rotatable bonds is 6. The average Bonchev–Trinajstić information content (AvgIpc) is 2.72. The van der Waals surface area contributed by atoms with E-state index in [4.69, 9.17) is 4.74 Å². The first-order valence-corrected chi connectivity index (χ1v) is 9.73. The number of methoxy groups -OCH3 is 1. The predicted molar refractivity (Wildman–Crippen MR) is 104 cm³/mol. The van der Waals surface area contributed by atoms with Gasteiger partial charge in [-0.15, -0.1) is 0 Å². The Bertz CT molecular complexity index is 713. The molecule has 8 heteroatoms. The number of carbonyl (C=O) groups is 3. The first kappa shape index (κ1) is 20.1. The molecule has 152 valence electrons. The molecule has 2 aliphatic heterocycles. The molecule has 1 aromatic rings. The molecule has 28 heavy (non-hydrogen) atoms. The molecule has 0 bridgehead atoms. The van der Waals surface area contributed by atoms with Crippen LogP contribution in [-0.4, -0.2) is 96.8 Å². The Balaban J connectivity index is 1.46. The third-order valence-corrected chi connectivity index (χ3v) is 5.40. The van der Waals surface area contributed by atoms with Crippen molar-refractivity contribution < 1.29 is 19.1 Å². The van der Waals surface area contributed by atoms with Crippen molar-refractivity contribution in [3.05, 3.63) is 29.8 Å². The van der Waals surface area contributed by atoms with Gasteiger partial charge in [0, 0.05) is 52.4 Å². The lowest BCUT2D eigenvalue weighted by Gasteiger charge is -2.37. The number of likely N-dealkylation sites (N-methyl/N-ethyl adjacent to an activating group) is 1. The van der Waals surface area contributed by atoms with Crippen LogP contribution in [0.15, 0.2) is 24.3 Å². The highest BCUT2D eigenvalue weighted by Crippen LogP contribution is 2.14. The second kappa shape index (κ2) is 9.05. The van der Waals surface area contributed by atoms with Crippen molar-refractivity contribution in [2.75, 3.05) is 59.5 Å². The molecule has 2 saturated heterocycles. The summed E-state index contributed by atoms with van der Waals surface area (Å²) in [4.78, 5) is 43.7. The number of carbonyl (C=O) groups excluding carboxylic acids is 3. The molecule has 0 saturated carbocycles. The third kappa shape index (κ3) is 4.62. The highest BCUT2D eigenvalue weighted by molar-refractivity contribution is 6.35. The molecular formula is C20H28N4O4. The van der Waals surface area contributed by atoms with Gasteiger partial charge in [0.25, 0.3) is 0 Å². The third-order valence-electron chi connectivity index (χ3n) is 5.40. The quantitative estimate of drug-likeness (QED) is 0.643. The van der Waals surface area contributed by atoms with Gasteiger partial charge in [0.15, 0.2) is 0 Å². The topological polar surface area (TPSA) is 73.4 Å². The summed E-state index contributed by atoms with van der Waals surface area (Å²) in [6.45, 7) is 6.92. The Morgan fingerprint density at radius 1 is 0.929 bits per heavy atom. The Hall–Kier alpha value is -2.61. The van der Waals surface area contributed by atoms with Crippen molar-refractivity contribution in [3.63, 3.8) is 0 Å². The SMILES string of the molecule is CCN1CCN(CC(=O)N2CCN(Cc3ccc(OC)cc3)CC2)C(=O)C1=O. The molecule has 0 spiro atoms. The van der Waals surface area contributed by atoms with E-state index in [9.17, 15) is 14.4 Å². The van der Waals surface area contributed by atoms with Crippen molar-refractivity contribution in [3.8, 4) is 5.75 Å². The summed E-state index contributed by atoms with van der Waals surface area (Å²) in [6, 6.07) is 8.00. The van der Waals surface area contributed by atoms with E-state index >= 15 is 0 Å². The van der Waals surface area contributed by atoms with Gasteiger partial charge in [-0.05, 0) is 24.6 Å². The van der Waals surface area contributed by atoms with Crippen LogP contribution in [0.4, 0.5) is 0 Å². The highest BCUT2D eigenvalue weighted by atomic mass is 16.5. The van der Waals surface area contributed by atoms with Gasteiger partial charge in [-0.2, -0.15) is 0 Å². The number of ether oxygens (including phenoxy) is 1. The van der Waals surface area contributed by atoms with E-state index in [-0.39, 0.29) is 12.5 Å². The first-order chi connectivity index (χ1) is 13.5. The fourth-order valence-electron chi connectivity index (χ4n) is 3.58. The molecule has 3 amide bonds. The zero-order valence-corrected chi connectivity index (χ0v) is 16.6. The van der Waals surface area contributed by atoms with Crippen LogP contribution in [0.3, 0.4) is 0 Å². The molecular weight excluding hydrogens is 360 g/mol. The summed E-state index contributed by atoms with van der Waals surface area (Å²) in [5.41, 5.74) is 1.21. The van der Waals surface area contributed by atoms with Crippen molar-refractivity contribution in [1.29, 1.82) is 0 Å². The van der Waals surface area contributed by atoms with Crippen molar-refractivity contribution in [1.82, 2.24) is 19.6 Å². The lowest BCUT2D eigenvalue weighted by atomic mass is 10.2. The van der Waals surface area contributed by atoms with Crippen LogP contribution < -0.4 is 4.74 Å². The van der Waals surface area contributed by atoms with Gasteiger partial charge in [0.05, 0.1) is 7.11 Å². The van der Waals surface area contributed by atoms with Gasteiger partial charge in [0.1, 0.15) is 12.3 Å². The normalized spacial score (nSPS) is 18.6. The van der Waals surface area contributed by atoms with Crippen molar-refractivity contribution in [2.45, 2.75) is 13.5 Å². The summed E-state index contributed by atoms with van der Waals surface area (Å²) >= 11 is 0. The fraction of sp³-hybridized carbons (Fsp3) is 0.550. The Morgan fingerprint density at radius 3 is 2.14 bits per heavy atom. The maximum absolute atomic E-state index is 12.6. The summed E-state index contributed by atoms with van der Waals surface area (Å²) in [7, 11) is 1.65. The van der Waals surface area contributed by atoms with Crippen LogP contribution in [0.25, 0.3) is 0 Å². The molecule has 0 N–H and O–H groups in total. The minimum atomic E-state index is -0.570. The zero-order chi connectivity index (χ0) is 20.1. The second-order valence-electron chi connectivity index (χ2n) is 7.12. The minimum Gasteiger partial charge on any atom is -0.497 e. The molecule has 0 atom stereocenters. The molecule has 8 nitrogen and oxygen atoms in total. The van der Waals surface area contributed by atoms with E-state index in [0.29, 0.717) is 32.7 Å². The van der Waals surface area contributed by atoms with E-state index in [1.54, 1.807) is 12.0 Å². The van der Waals surface area contributed by atoms with Crippen LogP contribution in [-0.2, 0) is 20.9 Å². The summed E-state index contributed by atoms with van der Waals surface area (Å²) < 4.78 is 5.18. The highest BCUT2D eigenvalue weighted by Gasteiger charge is 2.33. The number of amides is 3. The second-order valence-corrected chi connectivity index (χ2v) is 7.12. The summed E-state index contributed by atoms with van der Waals surface area (Å²) in [5, 5.41) is 0. The molecule has 3 rings (SSSR count). The van der Waals surface area contributed by atoms with Gasteiger partial charge < -0.3 is 19.4 Å². The molecule has 0 aromatic heterocycles. The van der Waals surface area contributed by atoms with E-state index in [2.05, 4.69) is 17.0 Å². The molecule has 0 aliphatic carbocycles. The van der Waals surface area contributed by atoms with E-state index in [0.717, 1.165) is 25.4 Å². The Labute approximate surface area is 165 Å².